The zero-order chi connectivity index (χ0) is 16.4. The van der Waals surface area contributed by atoms with Crippen LogP contribution in [-0.4, -0.2) is 39.0 Å². The molecule has 6 heteroatoms. The van der Waals surface area contributed by atoms with Crippen molar-refractivity contribution in [2.24, 2.45) is 0 Å². The Hall–Kier alpha value is -2.91. The van der Waals surface area contributed by atoms with Gasteiger partial charge in [-0.1, -0.05) is 0 Å². The van der Waals surface area contributed by atoms with Crippen molar-refractivity contribution in [2.45, 2.75) is 19.1 Å². The van der Waals surface area contributed by atoms with E-state index in [1.807, 2.05) is 12.3 Å². The zero-order valence-electron chi connectivity index (χ0n) is 13.1. The molecule has 0 amide bonds. The number of H-pyrrole nitrogens is 1. The fraction of sp³-hybridized carbons (Fsp3) is 0.278. The molecule has 0 aromatic carbocycles. The second kappa shape index (κ2) is 6.30. The number of fused-ring (bicyclic) bond motifs is 1. The number of hydrogen-bond acceptors (Lipinski definition) is 5. The predicted molar refractivity (Wildman–Crippen MR) is 89.4 cm³/mol. The summed E-state index contributed by atoms with van der Waals surface area (Å²) in [6, 6.07) is 9.69. The molecule has 1 N–H and O–H groups in total. The topological polar surface area (TPSA) is 77.8 Å². The monoisotopic (exact) mass is 319 g/mol. The highest BCUT2D eigenvalue weighted by Crippen LogP contribution is 2.20. The first-order valence-electron chi connectivity index (χ1n) is 7.97. The molecule has 0 spiro atoms. The van der Waals surface area contributed by atoms with Crippen molar-refractivity contribution >= 4 is 10.9 Å². The molecule has 3 aromatic rings. The Kier molecular flexibility index (Phi) is 3.85. The van der Waals surface area contributed by atoms with E-state index in [1.165, 1.54) is 5.69 Å². The van der Waals surface area contributed by atoms with E-state index in [0.29, 0.717) is 11.4 Å². The first kappa shape index (κ1) is 14.7. The molecule has 120 valence electrons. The Bertz CT molecular complexity index is 847. The van der Waals surface area contributed by atoms with Gasteiger partial charge in [-0.2, -0.15) is 5.26 Å². The highest BCUT2D eigenvalue weighted by molar-refractivity contribution is 5.79. The number of pyridine rings is 2. The predicted octanol–water partition coefficient (Wildman–Crippen LogP) is 2.48. The van der Waals surface area contributed by atoms with Crippen molar-refractivity contribution in [1.82, 2.24) is 19.9 Å². The number of nitriles is 1. The molecule has 1 aliphatic heterocycles. The number of likely N-dealkylation sites (tertiary alicyclic amines) is 1. The maximum atomic E-state index is 8.80. The smallest absolute Gasteiger partial charge is 0.213 e. The summed E-state index contributed by atoms with van der Waals surface area (Å²) >= 11 is 0. The molecule has 1 atom stereocenters. The van der Waals surface area contributed by atoms with Crippen LogP contribution in [0.1, 0.15) is 17.7 Å². The Balaban J connectivity index is 1.36. The van der Waals surface area contributed by atoms with E-state index < -0.39 is 0 Å². The van der Waals surface area contributed by atoms with E-state index >= 15 is 0 Å². The highest BCUT2D eigenvalue weighted by Gasteiger charge is 2.24. The van der Waals surface area contributed by atoms with Gasteiger partial charge in [0.25, 0.3) is 0 Å². The van der Waals surface area contributed by atoms with Crippen LogP contribution in [0, 0.1) is 11.3 Å². The largest absolute Gasteiger partial charge is 0.473 e. The van der Waals surface area contributed by atoms with Crippen molar-refractivity contribution in [2.75, 3.05) is 13.1 Å². The van der Waals surface area contributed by atoms with Gasteiger partial charge in [-0.15, -0.1) is 0 Å². The minimum absolute atomic E-state index is 0.136. The summed E-state index contributed by atoms with van der Waals surface area (Å²) in [4.78, 5) is 14.1. The lowest BCUT2D eigenvalue weighted by atomic mass is 10.3. The van der Waals surface area contributed by atoms with Gasteiger partial charge in [-0.3, -0.25) is 9.88 Å². The summed E-state index contributed by atoms with van der Waals surface area (Å²) < 4.78 is 5.92. The molecule has 1 fully saturated rings. The van der Waals surface area contributed by atoms with Crippen LogP contribution in [0.5, 0.6) is 5.88 Å². The molecule has 0 radical (unpaired) electrons. The third-order valence-electron chi connectivity index (χ3n) is 4.25. The highest BCUT2D eigenvalue weighted by atomic mass is 16.5. The average Bonchev–Trinajstić information content (AvgIpc) is 3.22. The standard InChI is InChI=1S/C18H17N5O/c19-8-13-1-2-18(21-9-13)24-16-4-6-23(12-16)11-15-7-14-10-20-5-3-17(14)22-15/h1-3,5,7,9-10,16,22H,4,6,11-12H2. The number of nitrogens with one attached hydrogen (secondary N) is 1. The summed E-state index contributed by atoms with van der Waals surface area (Å²) in [5, 5.41) is 9.94. The minimum atomic E-state index is 0.136. The fourth-order valence-corrected chi connectivity index (χ4v) is 3.08. The molecule has 0 bridgehead atoms. The number of rotatable bonds is 4. The number of hydrogen-bond donors (Lipinski definition) is 1. The van der Waals surface area contributed by atoms with Crippen LogP contribution in [0.3, 0.4) is 0 Å². The summed E-state index contributed by atoms with van der Waals surface area (Å²) in [5.74, 6) is 0.581. The molecule has 6 nitrogen and oxygen atoms in total. The fourth-order valence-electron chi connectivity index (χ4n) is 3.08. The molecular weight excluding hydrogens is 302 g/mol. The van der Waals surface area contributed by atoms with Gasteiger partial charge in [0, 0.05) is 60.9 Å². The van der Waals surface area contributed by atoms with Gasteiger partial charge >= 0.3 is 0 Å². The third kappa shape index (κ3) is 3.07. The van der Waals surface area contributed by atoms with Crippen LogP contribution in [0.15, 0.2) is 42.9 Å². The van der Waals surface area contributed by atoms with Crippen LogP contribution in [-0.2, 0) is 6.54 Å². The van der Waals surface area contributed by atoms with Gasteiger partial charge in [0.1, 0.15) is 12.2 Å². The van der Waals surface area contributed by atoms with E-state index in [4.69, 9.17) is 10.00 Å². The van der Waals surface area contributed by atoms with Crippen molar-refractivity contribution in [3.63, 3.8) is 0 Å². The molecular formula is C18H17N5O. The van der Waals surface area contributed by atoms with E-state index in [-0.39, 0.29) is 6.10 Å². The normalized spacial score (nSPS) is 17.9. The Morgan fingerprint density at radius 2 is 2.29 bits per heavy atom. The second-order valence-corrected chi connectivity index (χ2v) is 6.02. The molecule has 3 aromatic heterocycles. The molecule has 0 aliphatic carbocycles. The van der Waals surface area contributed by atoms with Gasteiger partial charge in [0.15, 0.2) is 0 Å². The number of nitrogens with zero attached hydrogens (tertiary/aromatic N) is 4. The summed E-state index contributed by atoms with van der Waals surface area (Å²) in [5.41, 5.74) is 2.85. The van der Waals surface area contributed by atoms with Crippen molar-refractivity contribution in [3.05, 3.63) is 54.1 Å². The Labute approximate surface area is 139 Å². The maximum Gasteiger partial charge on any atom is 0.213 e. The Morgan fingerprint density at radius 1 is 1.33 bits per heavy atom. The van der Waals surface area contributed by atoms with Gasteiger partial charge in [-0.25, -0.2) is 4.98 Å². The molecule has 1 unspecified atom stereocenters. The summed E-state index contributed by atoms with van der Waals surface area (Å²) in [6.07, 6.45) is 6.33. The first-order valence-corrected chi connectivity index (χ1v) is 7.97. The second-order valence-electron chi connectivity index (χ2n) is 6.02. The lowest BCUT2D eigenvalue weighted by Crippen LogP contribution is -2.24. The van der Waals surface area contributed by atoms with Crippen LogP contribution in [0.2, 0.25) is 0 Å². The van der Waals surface area contributed by atoms with Gasteiger partial charge in [-0.05, 0) is 24.6 Å². The van der Waals surface area contributed by atoms with E-state index in [1.54, 1.807) is 24.5 Å². The van der Waals surface area contributed by atoms with Gasteiger partial charge in [0.05, 0.1) is 5.56 Å². The van der Waals surface area contributed by atoms with Crippen molar-refractivity contribution < 1.29 is 4.74 Å². The number of ether oxygens (including phenoxy) is 1. The van der Waals surface area contributed by atoms with E-state index in [9.17, 15) is 0 Å². The van der Waals surface area contributed by atoms with Crippen LogP contribution >= 0.6 is 0 Å². The molecule has 1 saturated heterocycles. The molecule has 1 aliphatic rings. The first-order chi connectivity index (χ1) is 11.8. The van der Waals surface area contributed by atoms with Crippen molar-refractivity contribution in [1.29, 1.82) is 5.26 Å². The molecule has 0 saturated carbocycles. The molecule has 4 rings (SSSR count). The summed E-state index contributed by atoms with van der Waals surface area (Å²) in [7, 11) is 0. The number of aromatic amines is 1. The average molecular weight is 319 g/mol. The lowest BCUT2D eigenvalue weighted by molar-refractivity contribution is 0.191. The Morgan fingerprint density at radius 3 is 3.08 bits per heavy atom. The third-order valence-corrected chi connectivity index (χ3v) is 4.25. The maximum absolute atomic E-state index is 8.80. The van der Waals surface area contributed by atoms with E-state index in [2.05, 4.69) is 32.0 Å². The van der Waals surface area contributed by atoms with Gasteiger partial charge < -0.3 is 9.72 Å². The van der Waals surface area contributed by atoms with E-state index in [0.717, 1.165) is 37.0 Å². The zero-order valence-corrected chi connectivity index (χ0v) is 13.1. The summed E-state index contributed by atoms with van der Waals surface area (Å²) in [6.45, 7) is 2.74. The SMILES string of the molecule is N#Cc1ccc(OC2CCN(Cc3cc4cnccc4[nH]3)C2)nc1. The van der Waals surface area contributed by atoms with Crippen molar-refractivity contribution in [3.8, 4) is 11.9 Å². The number of aromatic nitrogens is 3. The molecule has 4 heterocycles. The minimum Gasteiger partial charge on any atom is -0.473 e. The molecule has 24 heavy (non-hydrogen) atoms. The van der Waals surface area contributed by atoms with Crippen LogP contribution in [0.25, 0.3) is 10.9 Å². The van der Waals surface area contributed by atoms with Gasteiger partial charge in [0.2, 0.25) is 5.88 Å². The van der Waals surface area contributed by atoms with Crippen LogP contribution < -0.4 is 4.74 Å². The lowest BCUT2D eigenvalue weighted by Gasteiger charge is -2.15. The van der Waals surface area contributed by atoms with Crippen LogP contribution in [0.4, 0.5) is 0 Å². The quantitative estimate of drug-likeness (QED) is 0.799.